The monoisotopic (exact) mass is 330 g/mol. The summed E-state index contributed by atoms with van der Waals surface area (Å²) in [7, 11) is 1.89. The molecule has 2 atom stereocenters. The average Bonchev–Trinajstić information content (AvgIpc) is 3.24. The molecule has 0 saturated carbocycles. The number of likely N-dealkylation sites (tertiary alicyclic amines) is 1. The number of aliphatic imine (C=N–C) groups is 1. The highest BCUT2D eigenvalue weighted by molar-refractivity contribution is 5.80. The lowest BCUT2D eigenvalue weighted by Crippen LogP contribution is -2.49. The third-order valence-electron chi connectivity index (χ3n) is 4.64. The summed E-state index contributed by atoms with van der Waals surface area (Å²) in [6.07, 6.45) is 8.51. The first kappa shape index (κ1) is 16.5. The molecule has 1 N–H and O–H groups in total. The molecule has 0 spiro atoms. The lowest BCUT2D eigenvalue weighted by Gasteiger charge is -2.39. The van der Waals surface area contributed by atoms with E-state index in [0.717, 1.165) is 37.8 Å². The summed E-state index contributed by atoms with van der Waals surface area (Å²) in [5.74, 6) is 2.43. The molecule has 3 rings (SSSR count). The second kappa shape index (κ2) is 7.46. The van der Waals surface area contributed by atoms with E-state index in [9.17, 15) is 0 Å². The molecule has 0 radical (unpaired) electrons. The van der Waals surface area contributed by atoms with Gasteiger partial charge in [0.25, 0.3) is 0 Å². The SMILES string of the molecule is CCNC(=NCc1ncnn1C)N1CCC(C)C(n2ccnc2)C1. The van der Waals surface area contributed by atoms with Gasteiger partial charge in [0.2, 0.25) is 0 Å². The van der Waals surface area contributed by atoms with Gasteiger partial charge in [0.05, 0.1) is 12.4 Å². The number of guanidine groups is 1. The molecule has 130 valence electrons. The van der Waals surface area contributed by atoms with Gasteiger partial charge in [-0.05, 0) is 19.3 Å². The highest BCUT2D eigenvalue weighted by Gasteiger charge is 2.28. The van der Waals surface area contributed by atoms with Crippen LogP contribution in [-0.2, 0) is 13.6 Å². The van der Waals surface area contributed by atoms with Gasteiger partial charge in [-0.2, -0.15) is 5.10 Å². The molecule has 1 saturated heterocycles. The summed E-state index contributed by atoms with van der Waals surface area (Å²) >= 11 is 0. The summed E-state index contributed by atoms with van der Waals surface area (Å²) in [6.45, 7) is 7.72. The molecule has 3 heterocycles. The molecule has 1 fully saturated rings. The molecular formula is C16H26N8. The van der Waals surface area contributed by atoms with E-state index in [1.165, 1.54) is 0 Å². The van der Waals surface area contributed by atoms with Crippen LogP contribution in [0, 0.1) is 5.92 Å². The van der Waals surface area contributed by atoms with Gasteiger partial charge in [-0.15, -0.1) is 0 Å². The lowest BCUT2D eigenvalue weighted by molar-refractivity contribution is 0.189. The van der Waals surface area contributed by atoms with Crippen LogP contribution in [0.2, 0.25) is 0 Å². The fourth-order valence-electron chi connectivity index (χ4n) is 3.13. The van der Waals surface area contributed by atoms with E-state index in [1.807, 2.05) is 25.8 Å². The summed E-state index contributed by atoms with van der Waals surface area (Å²) in [5, 5.41) is 7.51. The summed E-state index contributed by atoms with van der Waals surface area (Å²) in [4.78, 5) is 15.5. The van der Waals surface area contributed by atoms with Gasteiger partial charge in [0.1, 0.15) is 18.7 Å². The molecule has 0 bridgehead atoms. The van der Waals surface area contributed by atoms with E-state index in [2.05, 4.69) is 43.7 Å². The molecule has 2 aromatic heterocycles. The molecule has 0 aliphatic carbocycles. The van der Waals surface area contributed by atoms with Crippen molar-refractivity contribution in [3.63, 3.8) is 0 Å². The third-order valence-corrected chi connectivity index (χ3v) is 4.64. The number of hydrogen-bond donors (Lipinski definition) is 1. The average molecular weight is 330 g/mol. The van der Waals surface area contributed by atoms with E-state index in [4.69, 9.17) is 4.99 Å². The zero-order valence-corrected chi connectivity index (χ0v) is 14.6. The predicted octanol–water partition coefficient (Wildman–Crippen LogP) is 1.06. The molecule has 0 amide bonds. The largest absolute Gasteiger partial charge is 0.357 e. The number of aryl methyl sites for hydroxylation is 1. The molecule has 2 aromatic rings. The molecule has 1 aliphatic heterocycles. The number of rotatable bonds is 4. The van der Waals surface area contributed by atoms with Crippen molar-refractivity contribution < 1.29 is 0 Å². The standard InChI is InChI=1S/C16H26N8/c1-4-18-16(19-9-15-20-11-21-22(15)3)23-7-5-13(2)14(10-23)24-8-6-17-12-24/h6,8,11-14H,4-5,7,9-10H2,1-3H3,(H,18,19). The summed E-state index contributed by atoms with van der Waals surface area (Å²) in [5.41, 5.74) is 0. The quantitative estimate of drug-likeness (QED) is 0.670. The molecule has 2 unspecified atom stereocenters. The number of nitrogens with zero attached hydrogens (tertiary/aromatic N) is 7. The normalized spacial score (nSPS) is 22.0. The number of imidazole rings is 1. The maximum absolute atomic E-state index is 4.76. The zero-order chi connectivity index (χ0) is 16.9. The van der Waals surface area contributed by atoms with E-state index < -0.39 is 0 Å². The van der Waals surface area contributed by atoms with E-state index in [-0.39, 0.29) is 0 Å². The van der Waals surface area contributed by atoms with Crippen LogP contribution in [0.3, 0.4) is 0 Å². The van der Waals surface area contributed by atoms with Gasteiger partial charge in [-0.3, -0.25) is 4.68 Å². The van der Waals surface area contributed by atoms with Crippen molar-refractivity contribution >= 4 is 5.96 Å². The van der Waals surface area contributed by atoms with Crippen molar-refractivity contribution in [2.24, 2.45) is 18.0 Å². The van der Waals surface area contributed by atoms with Gasteiger partial charge in [0, 0.05) is 39.1 Å². The van der Waals surface area contributed by atoms with Crippen molar-refractivity contribution in [3.8, 4) is 0 Å². The molecule has 24 heavy (non-hydrogen) atoms. The van der Waals surface area contributed by atoms with Crippen molar-refractivity contribution in [3.05, 3.63) is 30.9 Å². The highest BCUT2D eigenvalue weighted by Crippen LogP contribution is 2.27. The topological polar surface area (TPSA) is 76.2 Å². The minimum absolute atomic E-state index is 0.417. The highest BCUT2D eigenvalue weighted by atomic mass is 15.3. The minimum Gasteiger partial charge on any atom is -0.357 e. The Bertz CT molecular complexity index is 659. The van der Waals surface area contributed by atoms with Crippen LogP contribution in [0.5, 0.6) is 0 Å². The van der Waals surface area contributed by atoms with Crippen molar-refractivity contribution in [1.82, 2.24) is 34.5 Å². The van der Waals surface area contributed by atoms with Crippen LogP contribution in [0.4, 0.5) is 0 Å². The van der Waals surface area contributed by atoms with Crippen LogP contribution >= 0.6 is 0 Å². The number of piperidine rings is 1. The fraction of sp³-hybridized carbons (Fsp3) is 0.625. The minimum atomic E-state index is 0.417. The predicted molar refractivity (Wildman–Crippen MR) is 92.4 cm³/mol. The Morgan fingerprint density at radius 1 is 1.46 bits per heavy atom. The van der Waals surface area contributed by atoms with E-state index in [0.29, 0.717) is 18.5 Å². The number of nitrogens with one attached hydrogen (secondary N) is 1. The van der Waals surface area contributed by atoms with Crippen LogP contribution in [0.1, 0.15) is 32.1 Å². The Morgan fingerprint density at radius 2 is 2.33 bits per heavy atom. The number of hydrogen-bond acceptors (Lipinski definition) is 4. The Morgan fingerprint density at radius 3 is 3.00 bits per heavy atom. The van der Waals surface area contributed by atoms with Crippen LogP contribution in [-0.4, -0.2) is 54.8 Å². The first-order valence-corrected chi connectivity index (χ1v) is 8.52. The molecule has 8 heteroatoms. The first-order valence-electron chi connectivity index (χ1n) is 8.52. The van der Waals surface area contributed by atoms with Gasteiger partial charge in [0.15, 0.2) is 5.96 Å². The maximum Gasteiger partial charge on any atom is 0.194 e. The number of aromatic nitrogens is 5. The van der Waals surface area contributed by atoms with Crippen LogP contribution in [0.15, 0.2) is 30.0 Å². The van der Waals surface area contributed by atoms with Crippen molar-refractivity contribution in [2.75, 3.05) is 19.6 Å². The van der Waals surface area contributed by atoms with Crippen molar-refractivity contribution in [2.45, 2.75) is 32.9 Å². The maximum atomic E-state index is 4.76. The summed E-state index contributed by atoms with van der Waals surface area (Å²) in [6, 6.07) is 0.417. The van der Waals surface area contributed by atoms with E-state index >= 15 is 0 Å². The molecule has 8 nitrogen and oxygen atoms in total. The smallest absolute Gasteiger partial charge is 0.194 e. The Balaban J connectivity index is 1.74. The van der Waals surface area contributed by atoms with Gasteiger partial charge in [-0.25, -0.2) is 15.0 Å². The Hall–Kier alpha value is -2.38. The molecular weight excluding hydrogens is 304 g/mol. The third kappa shape index (κ3) is 3.58. The Labute approximate surface area is 142 Å². The van der Waals surface area contributed by atoms with Crippen LogP contribution in [0.25, 0.3) is 0 Å². The zero-order valence-electron chi connectivity index (χ0n) is 14.6. The van der Waals surface area contributed by atoms with Crippen LogP contribution < -0.4 is 5.32 Å². The fourth-order valence-corrected chi connectivity index (χ4v) is 3.13. The Kier molecular flexibility index (Phi) is 5.12. The van der Waals surface area contributed by atoms with Crippen molar-refractivity contribution in [1.29, 1.82) is 0 Å². The molecule has 1 aliphatic rings. The summed E-state index contributed by atoms with van der Waals surface area (Å²) < 4.78 is 3.97. The van der Waals surface area contributed by atoms with Gasteiger partial charge < -0.3 is 14.8 Å². The second-order valence-electron chi connectivity index (χ2n) is 6.26. The van der Waals surface area contributed by atoms with Gasteiger partial charge in [-0.1, -0.05) is 6.92 Å². The molecule has 0 aromatic carbocycles. The first-order chi connectivity index (χ1) is 11.7. The second-order valence-corrected chi connectivity index (χ2v) is 6.26. The van der Waals surface area contributed by atoms with E-state index in [1.54, 1.807) is 11.0 Å². The lowest BCUT2D eigenvalue weighted by atomic mass is 9.93. The van der Waals surface area contributed by atoms with Gasteiger partial charge >= 0.3 is 0 Å².